The minimum Gasteiger partial charge on any atom is -0.313 e. The molecule has 0 aliphatic heterocycles. The van der Waals surface area contributed by atoms with Gasteiger partial charge >= 0.3 is 0 Å². The van der Waals surface area contributed by atoms with Gasteiger partial charge in [-0.2, -0.15) is 5.10 Å². The number of hydrogen-bond acceptors (Lipinski definition) is 3. The highest BCUT2D eigenvalue weighted by molar-refractivity contribution is 9.10. The number of nitrogens with one attached hydrogen (secondary N) is 2. The molecule has 0 saturated heterocycles. The summed E-state index contributed by atoms with van der Waals surface area (Å²) in [6.07, 6.45) is 0. The van der Waals surface area contributed by atoms with Gasteiger partial charge in [0.1, 0.15) is 5.82 Å². The van der Waals surface area contributed by atoms with Crippen molar-refractivity contribution in [3.8, 4) is 11.4 Å². The fourth-order valence-corrected chi connectivity index (χ4v) is 2.21. The van der Waals surface area contributed by atoms with Crippen LogP contribution < -0.4 is 5.32 Å². The van der Waals surface area contributed by atoms with Crippen molar-refractivity contribution in [3.05, 3.63) is 33.5 Å². The van der Waals surface area contributed by atoms with Gasteiger partial charge in [0.15, 0.2) is 5.82 Å². The average Bonchev–Trinajstić information content (AvgIpc) is 2.65. The van der Waals surface area contributed by atoms with Crippen molar-refractivity contribution >= 4 is 27.5 Å². The molecule has 4 nitrogen and oxygen atoms in total. The third kappa shape index (κ3) is 2.61. The largest absolute Gasteiger partial charge is 0.313 e. The second-order valence-electron chi connectivity index (χ2n) is 3.29. The number of H-pyrrole nitrogens is 1. The van der Waals surface area contributed by atoms with Gasteiger partial charge in [-0.25, -0.2) is 4.98 Å². The molecule has 1 aromatic heterocycles. The smallest absolute Gasteiger partial charge is 0.181 e. The van der Waals surface area contributed by atoms with Crippen molar-refractivity contribution in [3.63, 3.8) is 0 Å². The molecular formula is C10H10BrClN4. The molecule has 0 spiro atoms. The summed E-state index contributed by atoms with van der Waals surface area (Å²) in [6, 6.07) is 5.59. The van der Waals surface area contributed by atoms with Gasteiger partial charge in [-0.1, -0.05) is 27.5 Å². The Labute approximate surface area is 107 Å². The third-order valence-electron chi connectivity index (χ3n) is 2.00. The van der Waals surface area contributed by atoms with Gasteiger partial charge in [0.25, 0.3) is 0 Å². The fraction of sp³-hybridized carbons (Fsp3) is 0.200. The quantitative estimate of drug-likeness (QED) is 0.916. The van der Waals surface area contributed by atoms with E-state index >= 15 is 0 Å². The number of rotatable bonds is 3. The summed E-state index contributed by atoms with van der Waals surface area (Å²) < 4.78 is 0.912. The van der Waals surface area contributed by atoms with Crippen molar-refractivity contribution in [2.24, 2.45) is 0 Å². The first-order valence-electron chi connectivity index (χ1n) is 4.71. The van der Waals surface area contributed by atoms with Crippen molar-refractivity contribution < 1.29 is 0 Å². The molecule has 6 heteroatoms. The van der Waals surface area contributed by atoms with Crippen LogP contribution in [-0.4, -0.2) is 22.2 Å². The topological polar surface area (TPSA) is 53.6 Å². The van der Waals surface area contributed by atoms with Crippen LogP contribution in [0.15, 0.2) is 22.7 Å². The maximum Gasteiger partial charge on any atom is 0.181 e. The summed E-state index contributed by atoms with van der Waals surface area (Å²) >= 11 is 9.35. The molecule has 0 bridgehead atoms. The summed E-state index contributed by atoms with van der Waals surface area (Å²) in [5.41, 5.74) is 0.887. The average molecular weight is 302 g/mol. The van der Waals surface area contributed by atoms with Crippen LogP contribution in [0.25, 0.3) is 11.4 Å². The molecule has 0 amide bonds. The lowest BCUT2D eigenvalue weighted by molar-refractivity contribution is 0.763. The predicted octanol–water partition coefficient (Wildman–Crippen LogP) is 2.61. The second kappa shape index (κ2) is 4.95. The Bertz CT molecular complexity index is 477. The Balaban J connectivity index is 2.34. The van der Waals surface area contributed by atoms with E-state index < -0.39 is 0 Å². The predicted molar refractivity (Wildman–Crippen MR) is 67.3 cm³/mol. The van der Waals surface area contributed by atoms with E-state index in [0.29, 0.717) is 17.4 Å². The Morgan fingerprint density at radius 2 is 2.25 bits per heavy atom. The molecule has 0 saturated carbocycles. The summed E-state index contributed by atoms with van der Waals surface area (Å²) in [7, 11) is 1.86. The van der Waals surface area contributed by atoms with Crippen LogP contribution >= 0.6 is 27.5 Å². The monoisotopic (exact) mass is 300 g/mol. The van der Waals surface area contributed by atoms with Gasteiger partial charge in [0, 0.05) is 15.1 Å². The Hall–Kier alpha value is -0.910. The highest BCUT2D eigenvalue weighted by atomic mass is 79.9. The summed E-state index contributed by atoms with van der Waals surface area (Å²) in [6.45, 7) is 0.661. The highest BCUT2D eigenvalue weighted by Gasteiger charge is 2.07. The molecule has 0 radical (unpaired) electrons. The Morgan fingerprint density at radius 3 is 2.94 bits per heavy atom. The fourth-order valence-electron chi connectivity index (χ4n) is 1.35. The first-order valence-corrected chi connectivity index (χ1v) is 5.88. The Morgan fingerprint density at radius 1 is 1.44 bits per heavy atom. The van der Waals surface area contributed by atoms with E-state index in [-0.39, 0.29) is 0 Å². The van der Waals surface area contributed by atoms with Gasteiger partial charge < -0.3 is 5.32 Å². The molecule has 1 aromatic carbocycles. The molecule has 0 aliphatic carbocycles. The summed E-state index contributed by atoms with van der Waals surface area (Å²) in [5.74, 6) is 1.45. The number of hydrogen-bond donors (Lipinski definition) is 2. The van der Waals surface area contributed by atoms with Crippen molar-refractivity contribution in [2.75, 3.05) is 7.05 Å². The zero-order valence-electron chi connectivity index (χ0n) is 8.59. The highest BCUT2D eigenvalue weighted by Crippen LogP contribution is 2.25. The molecule has 2 rings (SSSR count). The number of halogens is 2. The maximum absolute atomic E-state index is 5.96. The van der Waals surface area contributed by atoms with Crippen molar-refractivity contribution in [1.29, 1.82) is 0 Å². The minimum absolute atomic E-state index is 0.647. The molecule has 84 valence electrons. The number of aromatic nitrogens is 3. The van der Waals surface area contributed by atoms with E-state index in [9.17, 15) is 0 Å². The molecule has 2 aromatic rings. The first kappa shape index (κ1) is 11.6. The molecule has 1 heterocycles. The van der Waals surface area contributed by atoms with E-state index in [0.717, 1.165) is 15.9 Å². The number of nitrogens with zero attached hydrogens (tertiary/aromatic N) is 2. The molecule has 16 heavy (non-hydrogen) atoms. The molecule has 2 N–H and O–H groups in total. The lowest BCUT2D eigenvalue weighted by Gasteiger charge is -1.98. The molecule has 0 aliphatic rings. The van der Waals surface area contributed by atoms with Gasteiger partial charge in [-0.05, 0) is 25.2 Å². The normalized spacial score (nSPS) is 10.7. The lowest BCUT2D eigenvalue weighted by atomic mass is 10.2. The van der Waals surface area contributed by atoms with Crippen LogP contribution in [0.5, 0.6) is 0 Å². The van der Waals surface area contributed by atoms with Crippen molar-refractivity contribution in [2.45, 2.75) is 6.54 Å². The maximum atomic E-state index is 5.96. The standard InChI is InChI=1S/C10H10BrClN4/c1-13-5-9-14-10(16-15-9)6-2-7(11)4-8(12)3-6/h2-4,13H,5H2,1H3,(H,14,15,16). The summed E-state index contributed by atoms with van der Waals surface area (Å²) in [4.78, 5) is 4.34. The van der Waals surface area contributed by atoms with Crippen LogP contribution in [0, 0.1) is 0 Å². The lowest BCUT2D eigenvalue weighted by Crippen LogP contribution is -2.06. The van der Waals surface area contributed by atoms with Crippen LogP contribution in [-0.2, 0) is 6.54 Å². The molecular weight excluding hydrogens is 291 g/mol. The van der Waals surface area contributed by atoms with Crippen LogP contribution in [0.4, 0.5) is 0 Å². The van der Waals surface area contributed by atoms with E-state index in [1.54, 1.807) is 0 Å². The van der Waals surface area contributed by atoms with E-state index in [1.807, 2.05) is 25.2 Å². The molecule has 0 atom stereocenters. The first-order chi connectivity index (χ1) is 7.69. The minimum atomic E-state index is 0.647. The zero-order valence-corrected chi connectivity index (χ0v) is 10.9. The van der Waals surface area contributed by atoms with E-state index in [4.69, 9.17) is 11.6 Å². The van der Waals surface area contributed by atoms with Crippen molar-refractivity contribution in [1.82, 2.24) is 20.5 Å². The second-order valence-corrected chi connectivity index (χ2v) is 4.65. The number of aromatic amines is 1. The Kier molecular flexibility index (Phi) is 3.58. The summed E-state index contributed by atoms with van der Waals surface area (Å²) in [5, 5.41) is 10.7. The van der Waals surface area contributed by atoms with Gasteiger partial charge in [-0.15, -0.1) is 0 Å². The zero-order chi connectivity index (χ0) is 11.5. The van der Waals surface area contributed by atoms with Crippen LogP contribution in [0.2, 0.25) is 5.02 Å². The molecule has 0 unspecified atom stereocenters. The molecule has 0 fully saturated rings. The van der Waals surface area contributed by atoms with E-state index in [1.165, 1.54) is 0 Å². The third-order valence-corrected chi connectivity index (χ3v) is 2.67. The van der Waals surface area contributed by atoms with Crippen LogP contribution in [0.3, 0.4) is 0 Å². The van der Waals surface area contributed by atoms with Gasteiger partial charge in [0.2, 0.25) is 0 Å². The van der Waals surface area contributed by atoms with Gasteiger partial charge in [0.05, 0.1) is 6.54 Å². The van der Waals surface area contributed by atoms with Gasteiger partial charge in [-0.3, -0.25) is 5.10 Å². The SMILES string of the molecule is CNCc1nc(-c2cc(Cl)cc(Br)c2)n[nH]1. The number of benzene rings is 1. The van der Waals surface area contributed by atoms with E-state index in [2.05, 4.69) is 36.4 Å². The van der Waals surface area contributed by atoms with Crippen LogP contribution in [0.1, 0.15) is 5.82 Å².